The molecule has 0 radical (unpaired) electrons. The van der Waals surface area contributed by atoms with Crippen molar-refractivity contribution in [1.82, 2.24) is 5.32 Å². The fourth-order valence-electron chi connectivity index (χ4n) is 1.38. The molecule has 0 saturated carbocycles. The predicted molar refractivity (Wildman–Crippen MR) is 88.0 cm³/mol. The summed E-state index contributed by atoms with van der Waals surface area (Å²) in [6.07, 6.45) is 0. The topological polar surface area (TPSA) is 64.6 Å². The molecule has 0 aliphatic heterocycles. The van der Waals surface area contributed by atoms with Gasteiger partial charge in [0.2, 0.25) is 0 Å². The molecule has 7 heteroatoms. The number of rotatable bonds is 7. The average molecular weight is 393 g/mol. The first kappa shape index (κ1) is 18.8. The van der Waals surface area contributed by atoms with Crippen LogP contribution >= 0.6 is 27.5 Å². The summed E-state index contributed by atoms with van der Waals surface area (Å²) in [6.45, 7) is 5.28. The van der Waals surface area contributed by atoms with Gasteiger partial charge in [-0.2, -0.15) is 0 Å². The predicted octanol–water partition coefficient (Wildman–Crippen LogP) is 3.19. The number of esters is 1. The van der Waals surface area contributed by atoms with E-state index in [0.29, 0.717) is 21.2 Å². The second-order valence-corrected chi connectivity index (χ2v) is 6.42. The minimum absolute atomic E-state index is 0.0208. The van der Waals surface area contributed by atoms with E-state index in [1.165, 1.54) is 0 Å². The van der Waals surface area contributed by atoms with E-state index in [4.69, 9.17) is 21.1 Å². The van der Waals surface area contributed by atoms with Crippen molar-refractivity contribution in [3.05, 3.63) is 27.7 Å². The van der Waals surface area contributed by atoms with Gasteiger partial charge in [0.05, 0.1) is 4.47 Å². The Morgan fingerprint density at radius 2 is 1.95 bits per heavy atom. The molecule has 22 heavy (non-hydrogen) atoms. The first-order valence-corrected chi connectivity index (χ1v) is 7.99. The van der Waals surface area contributed by atoms with E-state index in [1.54, 1.807) is 18.2 Å². The number of nitrogens with one attached hydrogen (secondary N) is 1. The highest BCUT2D eigenvalue weighted by Crippen LogP contribution is 2.27. The largest absolute Gasteiger partial charge is 0.481 e. The first-order chi connectivity index (χ1) is 10.3. The van der Waals surface area contributed by atoms with Gasteiger partial charge in [-0.3, -0.25) is 4.79 Å². The summed E-state index contributed by atoms with van der Waals surface area (Å²) in [7, 11) is 0. The lowest BCUT2D eigenvalue weighted by molar-refractivity contribution is -0.150. The lowest BCUT2D eigenvalue weighted by atomic mass is 10.1. The third-order valence-electron chi connectivity index (χ3n) is 2.99. The molecule has 1 aromatic rings. The molecular weight excluding hydrogens is 374 g/mol. The van der Waals surface area contributed by atoms with Crippen molar-refractivity contribution in [2.75, 3.05) is 13.2 Å². The molecule has 1 aromatic carbocycles. The lowest BCUT2D eigenvalue weighted by Crippen LogP contribution is -2.39. The summed E-state index contributed by atoms with van der Waals surface area (Å²) < 4.78 is 10.8. The van der Waals surface area contributed by atoms with Crippen LogP contribution in [0.1, 0.15) is 20.8 Å². The third-order valence-corrected chi connectivity index (χ3v) is 3.85. The van der Waals surface area contributed by atoms with Crippen LogP contribution in [-0.4, -0.2) is 31.1 Å². The zero-order valence-corrected chi connectivity index (χ0v) is 15.0. The number of carbonyl (C=O) groups is 2. The summed E-state index contributed by atoms with van der Waals surface area (Å²) in [4.78, 5) is 23.1. The molecule has 0 aliphatic rings. The van der Waals surface area contributed by atoms with Gasteiger partial charge in [0.15, 0.2) is 13.2 Å². The number of halogens is 2. The van der Waals surface area contributed by atoms with Gasteiger partial charge in [-0.05, 0) is 47.0 Å². The zero-order valence-electron chi connectivity index (χ0n) is 12.7. The van der Waals surface area contributed by atoms with Crippen LogP contribution in [0.5, 0.6) is 5.75 Å². The molecule has 0 fully saturated rings. The van der Waals surface area contributed by atoms with Crippen molar-refractivity contribution in [3.8, 4) is 5.75 Å². The second-order valence-electron chi connectivity index (χ2n) is 5.12. The highest BCUT2D eigenvalue weighted by molar-refractivity contribution is 9.10. The Morgan fingerprint density at radius 1 is 1.27 bits per heavy atom. The number of carbonyl (C=O) groups excluding carboxylic acids is 2. The summed E-state index contributed by atoms with van der Waals surface area (Å²) >= 11 is 9.08. The van der Waals surface area contributed by atoms with Crippen LogP contribution in [0.25, 0.3) is 0 Å². The molecule has 0 aromatic heterocycles. The number of hydrogen-bond donors (Lipinski definition) is 1. The minimum Gasteiger partial charge on any atom is -0.481 e. The number of hydrogen-bond acceptors (Lipinski definition) is 4. The molecule has 0 spiro atoms. The molecule has 1 rings (SSSR count). The monoisotopic (exact) mass is 391 g/mol. The van der Waals surface area contributed by atoms with Crippen LogP contribution in [0.15, 0.2) is 22.7 Å². The van der Waals surface area contributed by atoms with E-state index in [1.807, 2.05) is 20.8 Å². The van der Waals surface area contributed by atoms with Crippen LogP contribution in [0.3, 0.4) is 0 Å². The fourth-order valence-corrected chi connectivity index (χ4v) is 2.18. The van der Waals surface area contributed by atoms with E-state index in [-0.39, 0.29) is 25.2 Å². The SMILES string of the molecule is CC(C)[C@@H](C)NC(=O)COC(=O)COc1ccc(Cl)cc1Br. The molecular formula is C15H19BrClNO4. The Hall–Kier alpha value is -1.27. The molecule has 0 aliphatic carbocycles. The molecule has 1 atom stereocenters. The van der Waals surface area contributed by atoms with Gasteiger partial charge in [-0.15, -0.1) is 0 Å². The van der Waals surface area contributed by atoms with E-state index < -0.39 is 5.97 Å². The van der Waals surface area contributed by atoms with Gasteiger partial charge in [0.1, 0.15) is 5.75 Å². The summed E-state index contributed by atoms with van der Waals surface area (Å²) in [6, 6.07) is 4.96. The standard InChI is InChI=1S/C15H19BrClNO4/c1-9(2)10(3)18-14(19)7-22-15(20)8-21-13-5-4-11(17)6-12(13)16/h4-6,9-10H,7-8H2,1-3H3,(H,18,19)/t10-/m1/s1. The molecule has 122 valence electrons. The Labute approximate surface area is 143 Å². The Balaban J connectivity index is 2.33. The Bertz CT molecular complexity index is 536. The maximum absolute atomic E-state index is 11.6. The highest BCUT2D eigenvalue weighted by Gasteiger charge is 2.13. The summed E-state index contributed by atoms with van der Waals surface area (Å²) in [5, 5.41) is 3.30. The summed E-state index contributed by atoms with van der Waals surface area (Å²) in [5.74, 6) is -0.166. The van der Waals surface area contributed by atoms with Crippen molar-refractivity contribution >= 4 is 39.4 Å². The van der Waals surface area contributed by atoms with E-state index in [9.17, 15) is 9.59 Å². The van der Waals surface area contributed by atoms with Crippen LogP contribution < -0.4 is 10.1 Å². The van der Waals surface area contributed by atoms with Crippen molar-refractivity contribution < 1.29 is 19.1 Å². The molecule has 0 saturated heterocycles. The van der Waals surface area contributed by atoms with Crippen LogP contribution in [0.4, 0.5) is 0 Å². The smallest absolute Gasteiger partial charge is 0.344 e. The van der Waals surface area contributed by atoms with E-state index in [0.717, 1.165) is 0 Å². The Morgan fingerprint density at radius 3 is 2.55 bits per heavy atom. The van der Waals surface area contributed by atoms with Gasteiger partial charge < -0.3 is 14.8 Å². The molecule has 0 heterocycles. The van der Waals surface area contributed by atoms with E-state index >= 15 is 0 Å². The number of ether oxygens (including phenoxy) is 2. The van der Waals surface area contributed by atoms with Gasteiger partial charge >= 0.3 is 5.97 Å². The molecule has 5 nitrogen and oxygen atoms in total. The normalized spacial score (nSPS) is 11.9. The lowest BCUT2D eigenvalue weighted by Gasteiger charge is -2.17. The van der Waals surface area contributed by atoms with Gasteiger partial charge in [-0.25, -0.2) is 4.79 Å². The maximum Gasteiger partial charge on any atom is 0.344 e. The van der Waals surface area contributed by atoms with Crippen LogP contribution in [0.2, 0.25) is 5.02 Å². The first-order valence-electron chi connectivity index (χ1n) is 6.82. The van der Waals surface area contributed by atoms with E-state index in [2.05, 4.69) is 21.2 Å². The van der Waals surface area contributed by atoms with Crippen LogP contribution in [0, 0.1) is 5.92 Å². The van der Waals surface area contributed by atoms with Crippen molar-refractivity contribution in [1.29, 1.82) is 0 Å². The molecule has 0 bridgehead atoms. The van der Waals surface area contributed by atoms with Crippen molar-refractivity contribution in [3.63, 3.8) is 0 Å². The van der Waals surface area contributed by atoms with Crippen molar-refractivity contribution in [2.45, 2.75) is 26.8 Å². The van der Waals surface area contributed by atoms with Gasteiger partial charge in [0, 0.05) is 11.1 Å². The van der Waals surface area contributed by atoms with Crippen molar-refractivity contribution in [2.24, 2.45) is 5.92 Å². The maximum atomic E-state index is 11.6. The number of amides is 1. The third kappa shape index (κ3) is 6.66. The fraction of sp³-hybridized carbons (Fsp3) is 0.467. The average Bonchev–Trinajstić information content (AvgIpc) is 2.44. The minimum atomic E-state index is -0.616. The molecule has 1 amide bonds. The van der Waals surface area contributed by atoms with Crippen LogP contribution in [-0.2, 0) is 14.3 Å². The molecule has 1 N–H and O–H groups in total. The molecule has 0 unspecified atom stereocenters. The van der Waals surface area contributed by atoms with Gasteiger partial charge in [-0.1, -0.05) is 25.4 Å². The summed E-state index contributed by atoms with van der Waals surface area (Å²) in [5.41, 5.74) is 0. The second kappa shape index (κ2) is 9.00. The zero-order chi connectivity index (χ0) is 16.7. The quantitative estimate of drug-likeness (QED) is 0.724. The highest BCUT2D eigenvalue weighted by atomic mass is 79.9. The number of benzene rings is 1. The Kier molecular flexibility index (Phi) is 7.68. The van der Waals surface area contributed by atoms with Gasteiger partial charge in [0.25, 0.3) is 5.91 Å².